The lowest BCUT2D eigenvalue weighted by molar-refractivity contribution is -0.141. The molecule has 0 saturated heterocycles. The van der Waals surface area contributed by atoms with Gasteiger partial charge in [0.05, 0.1) is 0 Å². The molecule has 194 valence electrons. The Balaban J connectivity index is 1.56. The summed E-state index contributed by atoms with van der Waals surface area (Å²) in [5.41, 5.74) is 4.48. The molecule has 3 aromatic carbocycles. The highest BCUT2D eigenvalue weighted by atomic mass is 32.2. The molecule has 1 N–H and O–H groups in total. The van der Waals surface area contributed by atoms with Gasteiger partial charge in [-0.1, -0.05) is 90.7 Å². The number of aryl methyl sites for hydroxylation is 2. The number of benzene rings is 3. The number of amides is 2. The first-order valence-electron chi connectivity index (χ1n) is 13.4. The molecule has 0 bridgehead atoms. The second kappa shape index (κ2) is 13.5. The SMILES string of the molecule is Cc1ccc(SCCC(=O)N(Cc2cccc(C)c2)[C@@H](Cc2ccccc2)C(=O)NC2CCCC2)cc1. The predicted octanol–water partition coefficient (Wildman–Crippen LogP) is 6.48. The number of nitrogens with zero attached hydrogens (tertiary/aromatic N) is 1. The number of hydrogen-bond donors (Lipinski definition) is 1. The summed E-state index contributed by atoms with van der Waals surface area (Å²) in [6.07, 6.45) is 5.22. The molecule has 0 aromatic heterocycles. The quantitative estimate of drug-likeness (QED) is 0.298. The Kier molecular flexibility index (Phi) is 9.84. The average Bonchev–Trinajstić information content (AvgIpc) is 3.41. The zero-order chi connectivity index (χ0) is 26.0. The lowest BCUT2D eigenvalue weighted by Gasteiger charge is -2.32. The molecule has 4 rings (SSSR count). The summed E-state index contributed by atoms with van der Waals surface area (Å²) in [7, 11) is 0. The highest BCUT2D eigenvalue weighted by Crippen LogP contribution is 2.23. The lowest BCUT2D eigenvalue weighted by Crippen LogP contribution is -2.52. The van der Waals surface area contributed by atoms with Gasteiger partial charge in [-0.2, -0.15) is 0 Å². The molecule has 2 amide bonds. The Morgan fingerprint density at radius 2 is 1.59 bits per heavy atom. The van der Waals surface area contributed by atoms with Gasteiger partial charge < -0.3 is 10.2 Å². The minimum Gasteiger partial charge on any atom is -0.352 e. The molecule has 5 heteroatoms. The summed E-state index contributed by atoms with van der Waals surface area (Å²) in [5, 5.41) is 3.28. The van der Waals surface area contributed by atoms with Crippen molar-refractivity contribution in [3.8, 4) is 0 Å². The van der Waals surface area contributed by atoms with Gasteiger partial charge in [0.25, 0.3) is 0 Å². The van der Waals surface area contributed by atoms with E-state index in [1.54, 1.807) is 11.8 Å². The van der Waals surface area contributed by atoms with E-state index in [1.165, 1.54) is 5.56 Å². The van der Waals surface area contributed by atoms with Crippen LogP contribution in [0.4, 0.5) is 0 Å². The van der Waals surface area contributed by atoms with Crippen LogP contribution in [0.3, 0.4) is 0 Å². The van der Waals surface area contributed by atoms with Crippen LogP contribution >= 0.6 is 11.8 Å². The topological polar surface area (TPSA) is 49.4 Å². The molecule has 4 nitrogen and oxygen atoms in total. The minimum atomic E-state index is -0.555. The fraction of sp³-hybridized carbons (Fsp3) is 0.375. The summed E-state index contributed by atoms with van der Waals surface area (Å²) >= 11 is 1.69. The number of carbonyl (C=O) groups is 2. The number of hydrogen-bond acceptors (Lipinski definition) is 3. The van der Waals surface area contributed by atoms with Crippen LogP contribution in [-0.2, 0) is 22.6 Å². The van der Waals surface area contributed by atoms with Crippen LogP contribution < -0.4 is 5.32 Å². The van der Waals surface area contributed by atoms with Crippen molar-refractivity contribution in [2.75, 3.05) is 5.75 Å². The Morgan fingerprint density at radius 1 is 0.892 bits per heavy atom. The van der Waals surface area contributed by atoms with Crippen molar-refractivity contribution in [2.24, 2.45) is 0 Å². The van der Waals surface area contributed by atoms with E-state index in [9.17, 15) is 9.59 Å². The molecule has 0 heterocycles. The van der Waals surface area contributed by atoms with E-state index in [-0.39, 0.29) is 17.9 Å². The smallest absolute Gasteiger partial charge is 0.243 e. The van der Waals surface area contributed by atoms with Gasteiger partial charge in [0.15, 0.2) is 0 Å². The van der Waals surface area contributed by atoms with Gasteiger partial charge in [0.2, 0.25) is 11.8 Å². The fourth-order valence-corrected chi connectivity index (χ4v) is 5.80. The van der Waals surface area contributed by atoms with E-state index in [2.05, 4.69) is 55.6 Å². The third-order valence-electron chi connectivity index (χ3n) is 7.01. The van der Waals surface area contributed by atoms with Crippen LogP contribution in [0.1, 0.15) is 54.4 Å². The first kappa shape index (κ1) is 27.0. The van der Waals surface area contributed by atoms with Crippen LogP contribution in [-0.4, -0.2) is 34.6 Å². The van der Waals surface area contributed by atoms with Crippen molar-refractivity contribution in [3.05, 3.63) is 101 Å². The summed E-state index contributed by atoms with van der Waals surface area (Å²) < 4.78 is 0. The summed E-state index contributed by atoms with van der Waals surface area (Å²) in [5.74, 6) is 0.653. The van der Waals surface area contributed by atoms with Gasteiger partial charge in [0, 0.05) is 36.1 Å². The van der Waals surface area contributed by atoms with Crippen LogP contribution in [0.5, 0.6) is 0 Å². The van der Waals surface area contributed by atoms with Gasteiger partial charge in [-0.25, -0.2) is 0 Å². The summed E-state index contributed by atoms with van der Waals surface area (Å²) in [4.78, 5) is 30.5. The highest BCUT2D eigenvalue weighted by molar-refractivity contribution is 7.99. The average molecular weight is 515 g/mol. The van der Waals surface area contributed by atoms with E-state index in [1.807, 2.05) is 47.4 Å². The van der Waals surface area contributed by atoms with Gasteiger partial charge >= 0.3 is 0 Å². The van der Waals surface area contributed by atoms with Gasteiger partial charge in [-0.15, -0.1) is 11.8 Å². The Labute approximate surface area is 225 Å². The van der Waals surface area contributed by atoms with Gasteiger partial charge in [-0.3, -0.25) is 9.59 Å². The molecule has 0 radical (unpaired) electrons. The molecule has 1 atom stereocenters. The van der Waals surface area contributed by atoms with Crippen molar-refractivity contribution in [1.29, 1.82) is 0 Å². The van der Waals surface area contributed by atoms with Crippen LogP contribution in [0.2, 0.25) is 0 Å². The maximum absolute atomic E-state index is 13.8. The van der Waals surface area contributed by atoms with Crippen molar-refractivity contribution in [2.45, 2.75) is 75.9 Å². The van der Waals surface area contributed by atoms with E-state index in [4.69, 9.17) is 0 Å². The molecule has 37 heavy (non-hydrogen) atoms. The molecule has 1 saturated carbocycles. The number of nitrogens with one attached hydrogen (secondary N) is 1. The Bertz CT molecular complexity index is 1160. The molecular weight excluding hydrogens is 476 g/mol. The zero-order valence-corrected chi connectivity index (χ0v) is 22.8. The first-order valence-corrected chi connectivity index (χ1v) is 14.4. The van der Waals surface area contributed by atoms with Gasteiger partial charge in [0.1, 0.15) is 6.04 Å². The van der Waals surface area contributed by atoms with Gasteiger partial charge in [-0.05, 0) is 49.9 Å². The minimum absolute atomic E-state index is 0.0172. The molecule has 1 aliphatic rings. The monoisotopic (exact) mass is 514 g/mol. The van der Waals surface area contributed by atoms with E-state index < -0.39 is 6.04 Å². The van der Waals surface area contributed by atoms with E-state index in [0.29, 0.717) is 25.1 Å². The zero-order valence-electron chi connectivity index (χ0n) is 22.0. The maximum atomic E-state index is 13.8. The molecule has 1 aliphatic carbocycles. The van der Waals surface area contributed by atoms with Crippen molar-refractivity contribution >= 4 is 23.6 Å². The molecule has 0 spiro atoms. The second-order valence-electron chi connectivity index (χ2n) is 10.1. The molecular formula is C32H38N2O2S. The normalized spacial score (nSPS) is 14.3. The largest absolute Gasteiger partial charge is 0.352 e. The van der Waals surface area contributed by atoms with Crippen molar-refractivity contribution in [3.63, 3.8) is 0 Å². The summed E-state index contributed by atoms with van der Waals surface area (Å²) in [6.45, 7) is 4.55. The molecule has 3 aromatic rings. The maximum Gasteiger partial charge on any atom is 0.243 e. The highest BCUT2D eigenvalue weighted by Gasteiger charge is 2.32. The Hall–Kier alpha value is -3.05. The number of thioether (sulfide) groups is 1. The second-order valence-corrected chi connectivity index (χ2v) is 11.3. The van der Waals surface area contributed by atoms with Crippen LogP contribution in [0, 0.1) is 13.8 Å². The number of carbonyl (C=O) groups excluding carboxylic acids is 2. The van der Waals surface area contributed by atoms with Crippen LogP contribution in [0.15, 0.2) is 83.8 Å². The summed E-state index contributed by atoms with van der Waals surface area (Å²) in [6, 6.07) is 26.3. The third kappa shape index (κ3) is 8.22. The number of rotatable bonds is 11. The third-order valence-corrected chi connectivity index (χ3v) is 8.03. The molecule has 1 fully saturated rings. The van der Waals surface area contributed by atoms with Crippen molar-refractivity contribution in [1.82, 2.24) is 10.2 Å². The predicted molar refractivity (Wildman–Crippen MR) is 153 cm³/mol. The Morgan fingerprint density at radius 3 is 2.30 bits per heavy atom. The lowest BCUT2D eigenvalue weighted by atomic mass is 10.0. The van der Waals surface area contributed by atoms with Crippen molar-refractivity contribution < 1.29 is 9.59 Å². The van der Waals surface area contributed by atoms with E-state index in [0.717, 1.165) is 47.3 Å². The standard InChI is InChI=1S/C32H38N2O2S/c1-24-15-17-29(18-16-24)37-20-19-31(35)34(23-27-12-8-9-25(2)21-27)30(22-26-10-4-3-5-11-26)32(36)33-28-13-6-7-14-28/h3-5,8-12,15-18,21,28,30H,6-7,13-14,19-20,22-23H2,1-2H3,(H,33,36)/t30-/m0/s1. The fourth-order valence-electron chi connectivity index (χ4n) is 4.96. The van der Waals surface area contributed by atoms with E-state index >= 15 is 0 Å². The van der Waals surface area contributed by atoms with Crippen LogP contribution in [0.25, 0.3) is 0 Å². The molecule has 0 aliphatic heterocycles. The first-order chi connectivity index (χ1) is 18.0. The molecule has 0 unspecified atom stereocenters.